The first-order valence-corrected chi connectivity index (χ1v) is 18.2. The van der Waals surface area contributed by atoms with Crippen LogP contribution in [0.2, 0.25) is 0 Å². The Morgan fingerprint density at radius 2 is 1.68 bits per heavy atom. The first-order chi connectivity index (χ1) is 25.2. The van der Waals surface area contributed by atoms with Crippen molar-refractivity contribution in [3.63, 3.8) is 0 Å². The molecule has 2 amide bonds. The summed E-state index contributed by atoms with van der Waals surface area (Å²) in [6.07, 6.45) is -4.19. The number of para-hydroxylation sites is 1. The molecule has 2 atom stereocenters. The molecule has 4 aromatic carbocycles. The van der Waals surface area contributed by atoms with Crippen molar-refractivity contribution in [2.45, 2.75) is 44.1 Å². The largest absolute Gasteiger partial charge is 0.461 e. The Morgan fingerprint density at radius 1 is 0.962 bits per heavy atom. The number of ether oxygens (including phenoxy) is 1. The minimum absolute atomic E-state index is 0.0385. The van der Waals surface area contributed by atoms with E-state index in [1.54, 1.807) is 30.3 Å². The lowest BCUT2D eigenvalue weighted by molar-refractivity contribution is -0.137. The number of halogens is 5. The van der Waals surface area contributed by atoms with Crippen LogP contribution < -0.4 is 19.8 Å². The predicted octanol–water partition coefficient (Wildman–Crippen LogP) is 5.88. The molecular formula is C37H35F5N4O6S. The number of rotatable bonds is 15. The molecule has 10 nitrogen and oxygen atoms in total. The Hall–Kier alpha value is -5.35. The van der Waals surface area contributed by atoms with Crippen molar-refractivity contribution >= 4 is 45.4 Å². The molecule has 0 aliphatic carbocycles. The number of anilines is 3. The number of benzene rings is 4. The van der Waals surface area contributed by atoms with Crippen molar-refractivity contribution < 1.29 is 49.5 Å². The molecule has 0 unspecified atom stereocenters. The first kappa shape index (κ1) is 38.9. The lowest BCUT2D eigenvalue weighted by Crippen LogP contribution is -2.50. The second kappa shape index (κ2) is 16.5. The Bertz CT molecular complexity index is 2070. The van der Waals surface area contributed by atoms with Gasteiger partial charge in [0.05, 0.1) is 40.5 Å². The van der Waals surface area contributed by atoms with Gasteiger partial charge in [-0.05, 0) is 54.3 Å². The average molecular weight is 759 g/mol. The molecule has 0 bridgehead atoms. The summed E-state index contributed by atoms with van der Waals surface area (Å²) in [5.41, 5.74) is -0.512. The normalized spacial score (nSPS) is 14.5. The SMILES string of the molecule is CS(=O)(=O)N(c1ccc(F)c(F)c1)c1cccc(C(=O)N[C@@H](Cc2ccccc2)[C@@H](CNCc2cccc(C(F)(F)F)c2)OC=O)c1N1CCCC1=O. The van der Waals surface area contributed by atoms with Gasteiger partial charge in [0, 0.05) is 32.1 Å². The quantitative estimate of drug-likeness (QED) is 0.115. The van der Waals surface area contributed by atoms with Gasteiger partial charge in [0.15, 0.2) is 11.6 Å². The highest BCUT2D eigenvalue weighted by Gasteiger charge is 2.35. The van der Waals surface area contributed by atoms with E-state index < -0.39 is 57.4 Å². The van der Waals surface area contributed by atoms with Crippen LogP contribution in [0.25, 0.3) is 0 Å². The molecule has 1 fully saturated rings. The van der Waals surface area contributed by atoms with E-state index in [1.165, 1.54) is 35.2 Å². The second-order valence-corrected chi connectivity index (χ2v) is 14.1. The molecular weight excluding hydrogens is 723 g/mol. The zero-order chi connectivity index (χ0) is 38.3. The van der Waals surface area contributed by atoms with Crippen LogP contribution in [0.3, 0.4) is 0 Å². The summed E-state index contributed by atoms with van der Waals surface area (Å²) in [7, 11) is -4.30. The fraction of sp³-hybridized carbons (Fsp3) is 0.270. The molecule has 16 heteroatoms. The van der Waals surface area contributed by atoms with Crippen LogP contribution in [-0.2, 0) is 43.5 Å². The smallest absolute Gasteiger partial charge is 0.416 e. The van der Waals surface area contributed by atoms with E-state index >= 15 is 0 Å². The minimum Gasteiger partial charge on any atom is -0.461 e. The van der Waals surface area contributed by atoms with Gasteiger partial charge in [-0.3, -0.25) is 14.4 Å². The first-order valence-electron chi connectivity index (χ1n) is 16.4. The van der Waals surface area contributed by atoms with Crippen molar-refractivity contribution in [3.8, 4) is 0 Å². The molecule has 5 rings (SSSR count). The lowest BCUT2D eigenvalue weighted by atomic mass is 9.99. The summed E-state index contributed by atoms with van der Waals surface area (Å²) < 4.78 is 101. The summed E-state index contributed by atoms with van der Waals surface area (Å²) in [5, 5.41) is 5.84. The number of carbonyl (C=O) groups is 3. The number of alkyl halides is 3. The van der Waals surface area contributed by atoms with Crippen LogP contribution in [0, 0.1) is 11.6 Å². The molecule has 0 spiro atoms. The van der Waals surface area contributed by atoms with Gasteiger partial charge < -0.3 is 20.3 Å². The standard InChI is InChI=1S/C37H35F5N4O6S/c1-53(50,51)46(27-15-16-29(38)30(39)20-27)32-13-6-12-28(35(32)45-17-7-14-34(45)48)36(49)44-31(19-24-8-3-2-4-9-24)33(52-23-47)22-43-21-25-10-5-11-26(18-25)37(40,41)42/h2-6,8-13,15-16,18,20,23,31,33,43H,7,14,17,19,21-22H2,1H3,(H,44,49)/t31-,33+/m0/s1. The average Bonchev–Trinajstić information content (AvgIpc) is 3.54. The Labute approximate surface area is 302 Å². The molecule has 1 heterocycles. The number of nitrogens with zero attached hydrogens (tertiary/aromatic N) is 2. The number of carbonyl (C=O) groups excluding carboxylic acids is 3. The molecule has 4 aromatic rings. The number of sulfonamides is 1. The zero-order valence-corrected chi connectivity index (χ0v) is 29.1. The molecule has 0 aromatic heterocycles. The number of hydrogen-bond donors (Lipinski definition) is 2. The summed E-state index contributed by atoms with van der Waals surface area (Å²) in [5.74, 6) is -3.74. The molecule has 1 aliphatic rings. The van der Waals surface area contributed by atoms with Gasteiger partial charge in [-0.25, -0.2) is 21.5 Å². The maximum Gasteiger partial charge on any atom is 0.416 e. The van der Waals surface area contributed by atoms with E-state index in [2.05, 4.69) is 10.6 Å². The van der Waals surface area contributed by atoms with Crippen LogP contribution in [0.4, 0.5) is 39.0 Å². The van der Waals surface area contributed by atoms with Gasteiger partial charge in [0.2, 0.25) is 15.9 Å². The van der Waals surface area contributed by atoms with Crippen molar-refractivity contribution in [1.29, 1.82) is 0 Å². The fourth-order valence-corrected chi connectivity index (χ4v) is 7.13. The van der Waals surface area contributed by atoms with Crippen molar-refractivity contribution in [3.05, 3.63) is 125 Å². The summed E-state index contributed by atoms with van der Waals surface area (Å²) in [4.78, 5) is 40.5. The predicted molar refractivity (Wildman–Crippen MR) is 187 cm³/mol. The van der Waals surface area contributed by atoms with Crippen LogP contribution in [0.15, 0.2) is 91.0 Å². The number of nitrogens with one attached hydrogen (secondary N) is 2. The van der Waals surface area contributed by atoms with Crippen LogP contribution >= 0.6 is 0 Å². The highest BCUT2D eigenvalue weighted by Crippen LogP contribution is 2.41. The summed E-state index contributed by atoms with van der Waals surface area (Å²) in [6, 6.07) is 19.1. The van der Waals surface area contributed by atoms with Gasteiger partial charge in [-0.1, -0.05) is 54.6 Å². The molecule has 280 valence electrons. The Balaban J connectivity index is 1.52. The van der Waals surface area contributed by atoms with Crippen molar-refractivity contribution in [2.24, 2.45) is 0 Å². The van der Waals surface area contributed by atoms with Crippen molar-refractivity contribution in [2.75, 3.05) is 28.6 Å². The molecule has 0 saturated carbocycles. The monoisotopic (exact) mass is 758 g/mol. The number of amides is 2. The third-order valence-electron chi connectivity index (χ3n) is 8.51. The third-order valence-corrected chi connectivity index (χ3v) is 9.58. The van der Waals surface area contributed by atoms with E-state index in [4.69, 9.17) is 4.74 Å². The molecule has 1 saturated heterocycles. The van der Waals surface area contributed by atoms with E-state index in [0.29, 0.717) is 22.4 Å². The summed E-state index contributed by atoms with van der Waals surface area (Å²) in [6.45, 7) is 0.155. The molecule has 0 radical (unpaired) electrons. The zero-order valence-electron chi connectivity index (χ0n) is 28.3. The van der Waals surface area contributed by atoms with Crippen LogP contribution in [0.1, 0.15) is 39.9 Å². The highest BCUT2D eigenvalue weighted by molar-refractivity contribution is 7.92. The van der Waals surface area contributed by atoms with Crippen molar-refractivity contribution in [1.82, 2.24) is 10.6 Å². The molecule has 1 aliphatic heterocycles. The fourth-order valence-electron chi connectivity index (χ4n) is 6.13. The van der Waals surface area contributed by atoms with Gasteiger partial charge in [0.25, 0.3) is 12.4 Å². The third kappa shape index (κ3) is 9.56. The summed E-state index contributed by atoms with van der Waals surface area (Å²) >= 11 is 0. The van der Waals surface area contributed by atoms with Crippen LogP contribution in [-0.4, -0.2) is 58.2 Å². The second-order valence-electron chi connectivity index (χ2n) is 12.3. The molecule has 53 heavy (non-hydrogen) atoms. The Kier molecular flexibility index (Phi) is 12.1. The van der Waals surface area contributed by atoms with Gasteiger partial charge in [0.1, 0.15) is 6.10 Å². The Morgan fingerprint density at radius 3 is 2.32 bits per heavy atom. The van der Waals surface area contributed by atoms with E-state index in [1.807, 2.05) is 0 Å². The maximum absolute atomic E-state index is 14.4. The van der Waals surface area contributed by atoms with Gasteiger partial charge in [-0.2, -0.15) is 13.2 Å². The molecule has 2 N–H and O–H groups in total. The highest BCUT2D eigenvalue weighted by atomic mass is 32.2. The van der Waals surface area contributed by atoms with Gasteiger partial charge in [-0.15, -0.1) is 0 Å². The van der Waals surface area contributed by atoms with E-state index in [-0.39, 0.29) is 61.6 Å². The van der Waals surface area contributed by atoms with E-state index in [0.717, 1.165) is 36.1 Å². The van der Waals surface area contributed by atoms with E-state index in [9.17, 15) is 44.8 Å². The maximum atomic E-state index is 14.4. The topological polar surface area (TPSA) is 125 Å². The van der Waals surface area contributed by atoms with Crippen LogP contribution in [0.5, 0.6) is 0 Å². The minimum atomic E-state index is -4.55. The number of hydrogen-bond acceptors (Lipinski definition) is 7. The van der Waals surface area contributed by atoms with Gasteiger partial charge >= 0.3 is 6.18 Å². The lowest BCUT2D eigenvalue weighted by Gasteiger charge is -2.31.